The van der Waals surface area contributed by atoms with E-state index in [4.69, 9.17) is 0 Å². The number of hydrogen-bond donors (Lipinski definition) is 1. The van der Waals surface area contributed by atoms with Crippen LogP contribution < -0.4 is 10.2 Å². The lowest BCUT2D eigenvalue weighted by Gasteiger charge is -2.18. The average Bonchev–Trinajstić information content (AvgIpc) is 3.29. The molecule has 3 heterocycles. The number of aromatic nitrogens is 1. The topological polar surface area (TPSA) is 82.6 Å². The van der Waals surface area contributed by atoms with Crippen LogP contribution >= 0.6 is 11.3 Å². The van der Waals surface area contributed by atoms with Crippen LogP contribution in [0.4, 0.5) is 11.5 Å². The van der Waals surface area contributed by atoms with Crippen LogP contribution in [0, 0.1) is 0 Å². The van der Waals surface area contributed by atoms with Crippen molar-refractivity contribution in [2.75, 3.05) is 36.9 Å². The number of rotatable bonds is 6. The largest absolute Gasteiger partial charge is 0.370 e. The summed E-state index contributed by atoms with van der Waals surface area (Å²) in [4.78, 5) is 18.6. The molecule has 0 unspecified atom stereocenters. The zero-order valence-corrected chi connectivity index (χ0v) is 15.5. The summed E-state index contributed by atoms with van der Waals surface area (Å²) in [7, 11) is -2.25. The second kappa shape index (κ2) is 7.51. The van der Waals surface area contributed by atoms with Gasteiger partial charge < -0.3 is 10.2 Å². The van der Waals surface area contributed by atoms with Gasteiger partial charge in [-0.1, -0.05) is 6.07 Å². The maximum atomic E-state index is 12.3. The highest BCUT2D eigenvalue weighted by molar-refractivity contribution is 7.91. The van der Waals surface area contributed by atoms with Gasteiger partial charge in [0, 0.05) is 20.1 Å². The third-order valence-electron chi connectivity index (χ3n) is 4.01. The standard InChI is InChI=1S/C16H20N4O3S2/c1-19(25(22,23)16-5-4-10-24-16)12-15(21)18-14-7-6-13(11-17-14)20-8-2-3-9-20/h4-7,10-11H,2-3,8-9,12H2,1H3,(H,17,18,21). The highest BCUT2D eigenvalue weighted by Gasteiger charge is 2.24. The van der Waals surface area contributed by atoms with Gasteiger partial charge in [-0.15, -0.1) is 11.3 Å². The van der Waals surface area contributed by atoms with Crippen molar-refractivity contribution in [3.63, 3.8) is 0 Å². The number of thiophene rings is 1. The number of pyridine rings is 1. The third-order valence-corrected chi connectivity index (χ3v) is 7.19. The second-order valence-corrected chi connectivity index (χ2v) is 9.06. The molecule has 3 rings (SSSR count). The van der Waals surface area contributed by atoms with Crippen molar-refractivity contribution in [3.05, 3.63) is 35.8 Å². The molecule has 1 amide bonds. The maximum Gasteiger partial charge on any atom is 0.252 e. The third kappa shape index (κ3) is 4.17. The molecular formula is C16H20N4O3S2. The first-order valence-corrected chi connectivity index (χ1v) is 10.3. The highest BCUT2D eigenvalue weighted by Crippen LogP contribution is 2.21. The smallest absolute Gasteiger partial charge is 0.252 e. The molecule has 0 spiro atoms. The Hall–Kier alpha value is -1.97. The SMILES string of the molecule is CN(CC(=O)Nc1ccc(N2CCCC2)cn1)S(=O)(=O)c1cccs1. The van der Waals surface area contributed by atoms with Crippen LogP contribution in [-0.2, 0) is 14.8 Å². The lowest BCUT2D eigenvalue weighted by atomic mass is 10.3. The molecule has 0 bridgehead atoms. The van der Waals surface area contributed by atoms with Crippen LogP contribution in [0.1, 0.15) is 12.8 Å². The van der Waals surface area contributed by atoms with E-state index in [2.05, 4.69) is 15.2 Å². The molecule has 0 radical (unpaired) electrons. The quantitative estimate of drug-likeness (QED) is 0.829. The number of carbonyl (C=O) groups is 1. The van der Waals surface area contributed by atoms with Gasteiger partial charge >= 0.3 is 0 Å². The molecule has 1 aliphatic heterocycles. The van der Waals surface area contributed by atoms with E-state index in [0.29, 0.717) is 5.82 Å². The van der Waals surface area contributed by atoms with Gasteiger partial charge in [0.1, 0.15) is 10.0 Å². The van der Waals surface area contributed by atoms with E-state index in [0.717, 1.165) is 34.4 Å². The van der Waals surface area contributed by atoms with E-state index < -0.39 is 15.9 Å². The molecule has 1 N–H and O–H groups in total. The highest BCUT2D eigenvalue weighted by atomic mass is 32.2. The summed E-state index contributed by atoms with van der Waals surface area (Å²) in [5.74, 6) is -0.0149. The van der Waals surface area contributed by atoms with Crippen molar-refractivity contribution in [1.29, 1.82) is 0 Å². The molecule has 7 nitrogen and oxygen atoms in total. The number of likely N-dealkylation sites (N-methyl/N-ethyl adjacent to an activating group) is 1. The molecule has 0 aromatic carbocycles. The normalized spacial score (nSPS) is 14.9. The van der Waals surface area contributed by atoms with E-state index in [9.17, 15) is 13.2 Å². The molecule has 0 saturated carbocycles. The molecule has 0 atom stereocenters. The number of hydrogen-bond acceptors (Lipinski definition) is 6. The van der Waals surface area contributed by atoms with Crippen molar-refractivity contribution in [2.24, 2.45) is 0 Å². The van der Waals surface area contributed by atoms with Crippen LogP contribution in [-0.4, -0.2) is 50.3 Å². The van der Waals surface area contributed by atoms with Crippen LogP contribution in [0.25, 0.3) is 0 Å². The van der Waals surface area contributed by atoms with Crippen molar-refractivity contribution in [3.8, 4) is 0 Å². The Balaban J connectivity index is 1.58. The molecule has 134 valence electrons. The zero-order valence-electron chi connectivity index (χ0n) is 13.9. The molecule has 1 aliphatic rings. The van der Waals surface area contributed by atoms with Crippen molar-refractivity contribution in [2.45, 2.75) is 17.1 Å². The van der Waals surface area contributed by atoms with Crippen LogP contribution in [0.3, 0.4) is 0 Å². The Bertz CT molecular complexity index is 814. The summed E-state index contributed by atoms with van der Waals surface area (Å²) < 4.78 is 25.9. The van der Waals surface area contributed by atoms with E-state index >= 15 is 0 Å². The van der Waals surface area contributed by atoms with Gasteiger partial charge in [0.2, 0.25) is 5.91 Å². The van der Waals surface area contributed by atoms with Crippen LogP contribution in [0.5, 0.6) is 0 Å². The molecule has 2 aromatic heterocycles. The first-order chi connectivity index (χ1) is 12.0. The fraction of sp³-hybridized carbons (Fsp3) is 0.375. The Morgan fingerprint density at radius 1 is 1.32 bits per heavy atom. The molecule has 25 heavy (non-hydrogen) atoms. The van der Waals surface area contributed by atoms with E-state index in [1.54, 1.807) is 23.7 Å². The number of amides is 1. The van der Waals surface area contributed by atoms with Gasteiger partial charge in [-0.2, -0.15) is 4.31 Å². The average molecular weight is 380 g/mol. The first kappa shape index (κ1) is 17.8. The van der Waals surface area contributed by atoms with Crippen molar-refractivity contribution < 1.29 is 13.2 Å². The monoisotopic (exact) mass is 380 g/mol. The van der Waals surface area contributed by atoms with Gasteiger partial charge in [0.25, 0.3) is 10.0 Å². The molecular weight excluding hydrogens is 360 g/mol. The summed E-state index contributed by atoms with van der Waals surface area (Å²) in [5.41, 5.74) is 1.04. The summed E-state index contributed by atoms with van der Waals surface area (Å²) in [6, 6.07) is 6.84. The fourth-order valence-electron chi connectivity index (χ4n) is 2.66. The molecule has 0 aliphatic carbocycles. The van der Waals surface area contributed by atoms with Crippen molar-refractivity contribution >= 4 is 38.8 Å². The lowest BCUT2D eigenvalue weighted by Crippen LogP contribution is -2.34. The van der Waals surface area contributed by atoms with E-state index in [-0.39, 0.29) is 10.8 Å². The predicted molar refractivity (Wildman–Crippen MR) is 98.4 cm³/mol. The van der Waals surface area contributed by atoms with Crippen molar-refractivity contribution in [1.82, 2.24) is 9.29 Å². The Morgan fingerprint density at radius 2 is 2.08 bits per heavy atom. The maximum absolute atomic E-state index is 12.3. The molecule has 1 fully saturated rings. The number of sulfonamides is 1. The number of carbonyl (C=O) groups excluding carboxylic acids is 1. The number of nitrogens with one attached hydrogen (secondary N) is 1. The first-order valence-electron chi connectivity index (χ1n) is 7.97. The summed E-state index contributed by atoms with van der Waals surface area (Å²) in [6.07, 6.45) is 4.10. The fourth-order valence-corrected chi connectivity index (χ4v) is 4.98. The van der Waals surface area contributed by atoms with Crippen LogP contribution in [0.2, 0.25) is 0 Å². The Morgan fingerprint density at radius 3 is 2.68 bits per heavy atom. The minimum absolute atomic E-state index is 0.218. The minimum atomic E-state index is -3.64. The lowest BCUT2D eigenvalue weighted by molar-refractivity contribution is -0.116. The Kier molecular flexibility index (Phi) is 5.36. The minimum Gasteiger partial charge on any atom is -0.370 e. The van der Waals surface area contributed by atoms with Crippen LogP contribution in [0.15, 0.2) is 40.1 Å². The van der Waals surface area contributed by atoms with Gasteiger partial charge in [-0.3, -0.25) is 4.79 Å². The Labute approximate surface area is 151 Å². The van der Waals surface area contributed by atoms with Gasteiger partial charge in [0.15, 0.2) is 0 Å². The zero-order chi connectivity index (χ0) is 17.9. The summed E-state index contributed by atoms with van der Waals surface area (Å²) >= 11 is 1.12. The summed E-state index contributed by atoms with van der Waals surface area (Å²) in [5, 5.41) is 4.32. The predicted octanol–water partition coefficient (Wildman–Crippen LogP) is 2.00. The second-order valence-electron chi connectivity index (χ2n) is 5.84. The van der Waals surface area contributed by atoms with Gasteiger partial charge in [-0.05, 0) is 36.4 Å². The van der Waals surface area contributed by atoms with Gasteiger partial charge in [-0.25, -0.2) is 13.4 Å². The molecule has 2 aromatic rings. The number of nitrogens with zero attached hydrogens (tertiary/aromatic N) is 3. The van der Waals surface area contributed by atoms with E-state index in [1.807, 2.05) is 6.07 Å². The summed E-state index contributed by atoms with van der Waals surface area (Å²) in [6.45, 7) is 1.79. The molecule has 1 saturated heterocycles. The van der Waals surface area contributed by atoms with Gasteiger partial charge in [0.05, 0.1) is 18.4 Å². The number of anilines is 2. The molecule has 9 heteroatoms. The van der Waals surface area contributed by atoms with E-state index in [1.165, 1.54) is 26.0 Å².